The Balaban J connectivity index is 1.50. The molecule has 0 bridgehead atoms. The lowest BCUT2D eigenvalue weighted by molar-refractivity contribution is -0.131. The first-order chi connectivity index (χ1) is 15.8. The van der Waals surface area contributed by atoms with Gasteiger partial charge in [-0.2, -0.15) is 4.31 Å². The van der Waals surface area contributed by atoms with E-state index >= 15 is 0 Å². The highest BCUT2D eigenvalue weighted by atomic mass is 32.2. The maximum atomic E-state index is 13.1. The van der Waals surface area contributed by atoms with Gasteiger partial charge in [-0.3, -0.25) is 9.69 Å². The molecule has 0 radical (unpaired) electrons. The molecule has 1 heterocycles. The molecular formula is C25H34FN3O3S. The Morgan fingerprint density at radius 3 is 2.18 bits per heavy atom. The average Bonchev–Trinajstić information content (AvgIpc) is 3.05. The molecule has 1 aliphatic heterocycles. The maximum Gasteiger partial charge on any atom is 0.243 e. The van der Waals surface area contributed by atoms with Crippen LogP contribution in [0.1, 0.15) is 37.8 Å². The van der Waals surface area contributed by atoms with Crippen molar-refractivity contribution in [1.29, 1.82) is 0 Å². The average molecular weight is 476 g/mol. The van der Waals surface area contributed by atoms with Gasteiger partial charge in [-0.05, 0) is 48.2 Å². The highest BCUT2D eigenvalue weighted by Gasteiger charge is 2.22. The SMILES string of the molecule is CCN(CC)S(=O)(=O)c1ccc(CCC(=O)N2CCCN(Cc3ccc(F)cc3)CC2)cc1. The molecule has 0 unspecified atom stereocenters. The van der Waals surface area contributed by atoms with Gasteiger partial charge in [0.25, 0.3) is 0 Å². The highest BCUT2D eigenvalue weighted by Crippen LogP contribution is 2.17. The quantitative estimate of drug-likeness (QED) is 0.557. The number of benzene rings is 2. The van der Waals surface area contributed by atoms with Crippen molar-refractivity contribution in [3.8, 4) is 0 Å². The van der Waals surface area contributed by atoms with Crippen molar-refractivity contribution in [2.24, 2.45) is 0 Å². The minimum atomic E-state index is -3.47. The first kappa shape index (κ1) is 25.3. The van der Waals surface area contributed by atoms with Gasteiger partial charge in [0.05, 0.1) is 4.90 Å². The highest BCUT2D eigenvalue weighted by molar-refractivity contribution is 7.89. The number of hydrogen-bond acceptors (Lipinski definition) is 4. The zero-order chi connectivity index (χ0) is 23.8. The largest absolute Gasteiger partial charge is 0.341 e. The molecule has 3 rings (SSSR count). The lowest BCUT2D eigenvalue weighted by Crippen LogP contribution is -2.35. The molecule has 1 saturated heterocycles. The van der Waals surface area contributed by atoms with Crippen LogP contribution in [0.5, 0.6) is 0 Å². The Morgan fingerprint density at radius 2 is 1.55 bits per heavy atom. The summed E-state index contributed by atoms with van der Waals surface area (Å²) in [6.07, 6.45) is 1.89. The minimum absolute atomic E-state index is 0.124. The van der Waals surface area contributed by atoms with Crippen LogP contribution >= 0.6 is 0 Å². The fourth-order valence-corrected chi connectivity index (χ4v) is 5.63. The lowest BCUT2D eigenvalue weighted by atomic mass is 10.1. The Bertz CT molecular complexity index is 1010. The van der Waals surface area contributed by atoms with Gasteiger partial charge in [0, 0.05) is 52.2 Å². The molecule has 1 amide bonds. The normalized spacial score (nSPS) is 15.6. The number of carbonyl (C=O) groups excluding carboxylic acids is 1. The van der Waals surface area contributed by atoms with E-state index in [1.165, 1.54) is 16.4 Å². The van der Waals surface area contributed by atoms with Crippen LogP contribution in [0.2, 0.25) is 0 Å². The van der Waals surface area contributed by atoms with Crippen molar-refractivity contribution < 1.29 is 17.6 Å². The summed E-state index contributed by atoms with van der Waals surface area (Å²) in [5, 5.41) is 0. The Labute approximate surface area is 197 Å². The van der Waals surface area contributed by atoms with Crippen LogP contribution in [-0.4, -0.2) is 67.7 Å². The van der Waals surface area contributed by atoms with Gasteiger partial charge in [0.15, 0.2) is 0 Å². The number of carbonyl (C=O) groups is 1. The van der Waals surface area contributed by atoms with E-state index in [4.69, 9.17) is 0 Å². The van der Waals surface area contributed by atoms with Crippen LogP contribution < -0.4 is 0 Å². The van der Waals surface area contributed by atoms with E-state index in [2.05, 4.69) is 4.90 Å². The van der Waals surface area contributed by atoms with Crippen LogP contribution in [-0.2, 0) is 27.8 Å². The third-order valence-corrected chi connectivity index (χ3v) is 8.22. The maximum absolute atomic E-state index is 13.1. The number of aryl methyl sites for hydroxylation is 1. The Kier molecular flexibility index (Phi) is 9.00. The monoisotopic (exact) mass is 475 g/mol. The molecule has 1 aliphatic rings. The van der Waals surface area contributed by atoms with E-state index in [-0.39, 0.29) is 16.6 Å². The van der Waals surface area contributed by atoms with Crippen LogP contribution in [0.4, 0.5) is 4.39 Å². The van der Waals surface area contributed by atoms with E-state index in [0.29, 0.717) is 32.5 Å². The molecule has 8 heteroatoms. The molecule has 0 saturated carbocycles. The smallest absolute Gasteiger partial charge is 0.243 e. The molecule has 0 atom stereocenters. The first-order valence-corrected chi connectivity index (χ1v) is 13.1. The standard InChI is InChI=1S/C25H34FN3O3S/c1-3-29(4-2)33(31,32)24-13-8-21(9-14-24)10-15-25(30)28-17-5-16-27(18-19-28)20-22-6-11-23(26)12-7-22/h6-9,11-14H,3-5,10,15-20H2,1-2H3. The summed E-state index contributed by atoms with van der Waals surface area (Å²) < 4.78 is 39.8. The van der Waals surface area contributed by atoms with Crippen molar-refractivity contribution in [2.45, 2.75) is 44.6 Å². The summed E-state index contributed by atoms with van der Waals surface area (Å²) >= 11 is 0. The van der Waals surface area contributed by atoms with Gasteiger partial charge in [0.2, 0.25) is 15.9 Å². The second kappa shape index (κ2) is 11.7. The minimum Gasteiger partial charge on any atom is -0.341 e. The summed E-state index contributed by atoms with van der Waals surface area (Å²) in [4.78, 5) is 17.3. The van der Waals surface area contributed by atoms with Gasteiger partial charge in [-0.1, -0.05) is 38.1 Å². The molecule has 1 fully saturated rings. The van der Waals surface area contributed by atoms with Crippen molar-refractivity contribution >= 4 is 15.9 Å². The topological polar surface area (TPSA) is 60.9 Å². The van der Waals surface area contributed by atoms with E-state index < -0.39 is 10.0 Å². The summed E-state index contributed by atoms with van der Waals surface area (Å²) in [5.41, 5.74) is 2.03. The Morgan fingerprint density at radius 1 is 0.909 bits per heavy atom. The zero-order valence-electron chi connectivity index (χ0n) is 19.5. The lowest BCUT2D eigenvalue weighted by Gasteiger charge is -2.22. The third kappa shape index (κ3) is 6.85. The second-order valence-electron chi connectivity index (χ2n) is 8.37. The van der Waals surface area contributed by atoms with Crippen molar-refractivity contribution in [3.05, 3.63) is 65.5 Å². The van der Waals surface area contributed by atoms with E-state index in [0.717, 1.165) is 43.7 Å². The predicted molar refractivity (Wildman–Crippen MR) is 128 cm³/mol. The fourth-order valence-electron chi connectivity index (χ4n) is 4.18. The molecule has 0 spiro atoms. The van der Waals surface area contributed by atoms with E-state index in [9.17, 15) is 17.6 Å². The molecule has 0 N–H and O–H groups in total. The number of amides is 1. The molecule has 180 valence electrons. The number of hydrogen-bond donors (Lipinski definition) is 0. The van der Waals surface area contributed by atoms with E-state index in [1.54, 1.807) is 24.3 Å². The van der Waals surface area contributed by atoms with Gasteiger partial charge < -0.3 is 4.90 Å². The zero-order valence-corrected chi connectivity index (χ0v) is 20.4. The molecule has 6 nitrogen and oxygen atoms in total. The van der Waals surface area contributed by atoms with Crippen molar-refractivity contribution in [2.75, 3.05) is 39.3 Å². The molecule has 0 aliphatic carbocycles. The second-order valence-corrected chi connectivity index (χ2v) is 10.3. The molecule has 33 heavy (non-hydrogen) atoms. The molecule has 2 aromatic rings. The van der Waals surface area contributed by atoms with Crippen molar-refractivity contribution in [1.82, 2.24) is 14.1 Å². The predicted octanol–water partition coefficient (Wildman–Crippen LogP) is 3.52. The van der Waals surface area contributed by atoms with Crippen LogP contribution in [0.25, 0.3) is 0 Å². The van der Waals surface area contributed by atoms with E-state index in [1.807, 2.05) is 30.9 Å². The number of halogens is 1. The Hall–Kier alpha value is -2.29. The fraction of sp³-hybridized carbons (Fsp3) is 0.480. The summed E-state index contributed by atoms with van der Waals surface area (Å²) in [5.74, 6) is -0.106. The number of nitrogens with zero attached hydrogens (tertiary/aromatic N) is 3. The van der Waals surface area contributed by atoms with Crippen LogP contribution in [0.15, 0.2) is 53.4 Å². The summed E-state index contributed by atoms with van der Waals surface area (Å²) in [6.45, 7) is 8.40. The molecule has 2 aromatic carbocycles. The third-order valence-electron chi connectivity index (χ3n) is 6.15. The van der Waals surface area contributed by atoms with Gasteiger partial charge >= 0.3 is 0 Å². The van der Waals surface area contributed by atoms with Crippen LogP contribution in [0, 0.1) is 5.82 Å². The van der Waals surface area contributed by atoms with Crippen LogP contribution in [0.3, 0.4) is 0 Å². The van der Waals surface area contributed by atoms with Gasteiger partial charge in [-0.15, -0.1) is 0 Å². The summed E-state index contributed by atoms with van der Waals surface area (Å²) in [6, 6.07) is 13.4. The molecular weight excluding hydrogens is 441 g/mol. The summed E-state index contributed by atoms with van der Waals surface area (Å²) in [7, 11) is -3.47. The first-order valence-electron chi connectivity index (χ1n) is 11.7. The van der Waals surface area contributed by atoms with Gasteiger partial charge in [0.1, 0.15) is 5.82 Å². The molecule has 0 aromatic heterocycles. The van der Waals surface area contributed by atoms with Gasteiger partial charge in [-0.25, -0.2) is 12.8 Å². The number of rotatable bonds is 9. The van der Waals surface area contributed by atoms with Crippen molar-refractivity contribution in [3.63, 3.8) is 0 Å². The number of sulfonamides is 1.